The fraction of sp³-hybridized carbons (Fsp3) is 0.190. The Morgan fingerprint density at radius 2 is 1.76 bits per heavy atom. The maximum atomic E-state index is 13.5. The number of aromatic nitrogens is 4. The Hall–Kier alpha value is -2.79. The average molecular weight is 507 g/mol. The van der Waals surface area contributed by atoms with Crippen LogP contribution in [0.1, 0.15) is 0 Å². The lowest BCUT2D eigenvalue weighted by Crippen LogP contribution is -2.49. The monoisotopic (exact) mass is 506 g/mol. The van der Waals surface area contributed by atoms with Crippen molar-refractivity contribution < 1.29 is 12.8 Å². The second-order valence-electron chi connectivity index (χ2n) is 7.43. The van der Waals surface area contributed by atoms with E-state index >= 15 is 0 Å². The zero-order chi connectivity index (χ0) is 23.2. The zero-order valence-corrected chi connectivity index (χ0v) is 19.4. The number of hydrogen-bond donors (Lipinski definition) is 0. The Balaban J connectivity index is 1.40. The van der Waals surface area contributed by atoms with Crippen molar-refractivity contribution >= 4 is 45.0 Å². The third kappa shape index (κ3) is 4.15. The molecular formula is C21H17Cl2FN6O2S. The van der Waals surface area contributed by atoms with Crippen LogP contribution >= 0.6 is 23.2 Å². The molecule has 1 fully saturated rings. The van der Waals surface area contributed by atoms with E-state index in [1.165, 1.54) is 22.5 Å². The minimum atomic E-state index is -3.79. The first-order valence-electron chi connectivity index (χ1n) is 10.0. The summed E-state index contributed by atoms with van der Waals surface area (Å²) in [6, 6.07) is 11.9. The molecule has 0 radical (unpaired) electrons. The van der Waals surface area contributed by atoms with Gasteiger partial charge >= 0.3 is 0 Å². The Morgan fingerprint density at radius 3 is 2.52 bits per heavy atom. The van der Waals surface area contributed by atoms with Gasteiger partial charge in [-0.3, -0.25) is 0 Å². The lowest BCUT2D eigenvalue weighted by molar-refractivity contribution is 0.382. The second kappa shape index (κ2) is 8.53. The highest BCUT2D eigenvalue weighted by Crippen LogP contribution is 2.31. The van der Waals surface area contributed by atoms with Gasteiger partial charge in [-0.25, -0.2) is 17.8 Å². The quantitative estimate of drug-likeness (QED) is 0.419. The standard InChI is InChI=1S/C21H17Cl2FN6O2S/c22-14-4-5-18(23)17(12-14)19-6-7-25-20-26-21(27-30(19)20)28-8-10-29(11-9-28)33(31,32)16-3-1-2-15(24)13-16/h1-7,12-13H,8-11H2. The largest absolute Gasteiger partial charge is 0.337 e. The summed E-state index contributed by atoms with van der Waals surface area (Å²) in [5, 5.41) is 5.64. The van der Waals surface area contributed by atoms with Crippen LogP contribution in [-0.2, 0) is 10.0 Å². The fourth-order valence-electron chi connectivity index (χ4n) is 3.72. The molecule has 1 aliphatic heterocycles. The van der Waals surface area contributed by atoms with Gasteiger partial charge in [0, 0.05) is 43.0 Å². The number of nitrogens with zero attached hydrogens (tertiary/aromatic N) is 6. The van der Waals surface area contributed by atoms with Crippen molar-refractivity contribution in [2.24, 2.45) is 0 Å². The van der Waals surface area contributed by atoms with Gasteiger partial charge < -0.3 is 4.90 Å². The Morgan fingerprint density at radius 1 is 0.970 bits per heavy atom. The molecule has 0 aliphatic carbocycles. The third-order valence-corrected chi connectivity index (χ3v) is 7.85. The van der Waals surface area contributed by atoms with Crippen LogP contribution in [0.5, 0.6) is 0 Å². The molecule has 3 heterocycles. The highest BCUT2D eigenvalue weighted by Gasteiger charge is 2.30. The van der Waals surface area contributed by atoms with Crippen molar-refractivity contribution in [1.29, 1.82) is 0 Å². The van der Waals surface area contributed by atoms with Crippen LogP contribution in [0.15, 0.2) is 59.6 Å². The van der Waals surface area contributed by atoms with Crippen LogP contribution in [0.2, 0.25) is 10.0 Å². The molecule has 8 nitrogen and oxygen atoms in total. The SMILES string of the molecule is O=S(=O)(c1cccc(F)c1)N1CCN(c2nc3nccc(-c4cc(Cl)ccc4Cl)n3n2)CC1. The molecule has 2 aromatic carbocycles. The maximum Gasteiger partial charge on any atom is 0.254 e. The number of piperazine rings is 1. The van der Waals surface area contributed by atoms with Crippen LogP contribution in [0.4, 0.5) is 10.3 Å². The van der Waals surface area contributed by atoms with Crippen LogP contribution in [0.3, 0.4) is 0 Å². The van der Waals surface area contributed by atoms with E-state index in [4.69, 9.17) is 23.2 Å². The molecule has 1 aliphatic rings. The normalized spacial score (nSPS) is 15.3. The Kier molecular flexibility index (Phi) is 5.69. The van der Waals surface area contributed by atoms with Gasteiger partial charge in [-0.2, -0.15) is 13.8 Å². The summed E-state index contributed by atoms with van der Waals surface area (Å²) in [5.74, 6) is 0.219. The lowest BCUT2D eigenvalue weighted by Gasteiger charge is -2.33. The minimum absolute atomic E-state index is 0.0611. The zero-order valence-electron chi connectivity index (χ0n) is 17.1. The predicted molar refractivity (Wildman–Crippen MR) is 124 cm³/mol. The number of benzene rings is 2. The summed E-state index contributed by atoms with van der Waals surface area (Å²) in [5.41, 5.74) is 1.37. The second-order valence-corrected chi connectivity index (χ2v) is 10.2. The summed E-state index contributed by atoms with van der Waals surface area (Å²) in [6.45, 7) is 1.18. The number of anilines is 1. The number of rotatable bonds is 4. The average Bonchev–Trinajstić information content (AvgIpc) is 3.25. The van der Waals surface area contributed by atoms with Gasteiger partial charge in [-0.1, -0.05) is 29.3 Å². The highest BCUT2D eigenvalue weighted by molar-refractivity contribution is 7.89. The van der Waals surface area contributed by atoms with E-state index in [2.05, 4.69) is 15.1 Å². The van der Waals surface area contributed by atoms with Crippen LogP contribution < -0.4 is 4.90 Å². The van der Waals surface area contributed by atoms with Gasteiger partial charge in [-0.05, 0) is 42.5 Å². The molecule has 33 heavy (non-hydrogen) atoms. The smallest absolute Gasteiger partial charge is 0.254 e. The number of sulfonamides is 1. The first-order chi connectivity index (χ1) is 15.8. The van der Waals surface area contributed by atoms with E-state index < -0.39 is 15.8 Å². The molecule has 0 saturated carbocycles. The molecule has 2 aromatic heterocycles. The molecule has 0 atom stereocenters. The first kappa shape index (κ1) is 22.0. The van der Waals surface area contributed by atoms with Gasteiger partial charge in [0.05, 0.1) is 15.6 Å². The van der Waals surface area contributed by atoms with Crippen molar-refractivity contribution in [3.8, 4) is 11.3 Å². The lowest BCUT2D eigenvalue weighted by atomic mass is 10.1. The van der Waals surface area contributed by atoms with E-state index in [0.29, 0.717) is 46.1 Å². The third-order valence-electron chi connectivity index (χ3n) is 5.39. The molecule has 1 saturated heterocycles. The van der Waals surface area contributed by atoms with Crippen molar-refractivity contribution in [2.75, 3.05) is 31.1 Å². The maximum absolute atomic E-state index is 13.5. The molecule has 0 spiro atoms. The Labute approximate surface area is 199 Å². The van der Waals surface area contributed by atoms with Gasteiger partial charge in [-0.15, -0.1) is 5.10 Å². The molecule has 170 valence electrons. The van der Waals surface area contributed by atoms with Crippen LogP contribution in [-0.4, -0.2) is 58.5 Å². The van der Waals surface area contributed by atoms with E-state index in [1.54, 1.807) is 35.0 Å². The Bertz CT molecular complexity index is 1450. The van der Waals surface area contributed by atoms with Gasteiger partial charge in [0.1, 0.15) is 5.82 Å². The summed E-state index contributed by atoms with van der Waals surface area (Å²) >= 11 is 12.5. The molecule has 12 heteroatoms. The number of hydrogen-bond acceptors (Lipinski definition) is 6. The molecule has 0 amide bonds. The van der Waals surface area contributed by atoms with Crippen molar-refractivity contribution in [1.82, 2.24) is 23.9 Å². The molecule has 0 bridgehead atoms. The minimum Gasteiger partial charge on any atom is -0.337 e. The molecular weight excluding hydrogens is 490 g/mol. The molecule has 0 unspecified atom stereocenters. The first-order valence-corrected chi connectivity index (χ1v) is 12.2. The van der Waals surface area contributed by atoms with Crippen molar-refractivity contribution in [2.45, 2.75) is 4.90 Å². The summed E-state index contributed by atoms with van der Waals surface area (Å²) < 4.78 is 42.2. The number of fused-ring (bicyclic) bond motifs is 1. The molecule has 0 N–H and O–H groups in total. The highest BCUT2D eigenvalue weighted by atomic mass is 35.5. The van der Waals surface area contributed by atoms with Gasteiger partial charge in [0.15, 0.2) is 0 Å². The van der Waals surface area contributed by atoms with Crippen molar-refractivity contribution in [3.63, 3.8) is 0 Å². The van der Waals surface area contributed by atoms with E-state index in [9.17, 15) is 12.8 Å². The van der Waals surface area contributed by atoms with E-state index in [1.807, 2.05) is 4.90 Å². The molecule has 5 rings (SSSR count). The van der Waals surface area contributed by atoms with Gasteiger partial charge in [0.25, 0.3) is 5.78 Å². The van der Waals surface area contributed by atoms with E-state index in [0.717, 1.165) is 6.07 Å². The topological polar surface area (TPSA) is 83.7 Å². The number of halogens is 3. The van der Waals surface area contributed by atoms with Crippen molar-refractivity contribution in [3.05, 3.63) is 70.6 Å². The fourth-order valence-corrected chi connectivity index (χ4v) is 5.56. The van der Waals surface area contributed by atoms with Crippen LogP contribution in [0, 0.1) is 5.82 Å². The summed E-state index contributed by atoms with van der Waals surface area (Å²) in [4.78, 5) is 10.6. The van der Waals surface area contributed by atoms with Crippen LogP contribution in [0.25, 0.3) is 17.0 Å². The summed E-state index contributed by atoms with van der Waals surface area (Å²) in [6.07, 6.45) is 1.61. The summed E-state index contributed by atoms with van der Waals surface area (Å²) in [7, 11) is -3.79. The van der Waals surface area contributed by atoms with Gasteiger partial charge in [0.2, 0.25) is 16.0 Å². The molecule has 4 aromatic rings. The van der Waals surface area contributed by atoms with E-state index in [-0.39, 0.29) is 18.0 Å². The predicted octanol–water partition coefficient (Wildman–Crippen LogP) is 3.75.